The Balaban J connectivity index is 2.40. The Labute approximate surface area is 112 Å². The predicted molar refractivity (Wildman–Crippen MR) is 70.5 cm³/mol. The van der Waals surface area contributed by atoms with Gasteiger partial charge in [-0.3, -0.25) is 9.69 Å². The van der Waals surface area contributed by atoms with Crippen LogP contribution >= 0.6 is 0 Å². The second-order valence-corrected chi connectivity index (χ2v) is 4.93. The largest absolute Gasteiger partial charge is 0.375 e. The Morgan fingerprint density at radius 1 is 1.26 bits per heavy atom. The van der Waals surface area contributed by atoms with E-state index in [0.29, 0.717) is 0 Å². The summed E-state index contributed by atoms with van der Waals surface area (Å²) in [5, 5.41) is 2.75. The third-order valence-electron chi connectivity index (χ3n) is 3.19. The summed E-state index contributed by atoms with van der Waals surface area (Å²) in [4.78, 5) is 25.3. The van der Waals surface area contributed by atoms with Crippen molar-refractivity contribution in [3.05, 3.63) is 35.9 Å². The molecule has 0 spiro atoms. The average Bonchev–Trinajstić information content (AvgIpc) is 2.63. The van der Waals surface area contributed by atoms with E-state index in [1.165, 1.54) is 7.05 Å². The molecule has 1 N–H and O–H groups in total. The van der Waals surface area contributed by atoms with Gasteiger partial charge in [-0.25, -0.2) is 4.79 Å². The first kappa shape index (κ1) is 13.5. The molecular weight excluding hydrogens is 244 g/mol. The highest BCUT2D eigenvalue weighted by Gasteiger charge is 2.51. The fraction of sp³-hybridized carbons (Fsp3) is 0.429. The van der Waals surface area contributed by atoms with Gasteiger partial charge in [-0.15, -0.1) is 0 Å². The Hall–Kier alpha value is -1.88. The minimum absolute atomic E-state index is 0.0174. The number of hydrogen-bond acceptors (Lipinski definition) is 3. The van der Waals surface area contributed by atoms with Crippen LogP contribution in [0, 0.1) is 0 Å². The zero-order chi connectivity index (χ0) is 14.0. The SMILES string of the molecule is CC(C)OC[C@@]1(c2ccccc2)NC(=O)N(C)C1=O. The van der Waals surface area contributed by atoms with Gasteiger partial charge < -0.3 is 10.1 Å². The molecule has 5 nitrogen and oxygen atoms in total. The lowest BCUT2D eigenvalue weighted by atomic mass is 9.90. The predicted octanol–water partition coefficient (Wildman–Crippen LogP) is 1.49. The number of carbonyl (C=O) groups excluding carboxylic acids is 2. The Kier molecular flexibility index (Phi) is 3.57. The van der Waals surface area contributed by atoms with E-state index in [-0.39, 0.29) is 18.6 Å². The topological polar surface area (TPSA) is 58.6 Å². The molecule has 0 aliphatic carbocycles. The second kappa shape index (κ2) is 5.01. The molecule has 2 rings (SSSR count). The molecule has 1 aliphatic rings. The van der Waals surface area contributed by atoms with Crippen molar-refractivity contribution in [2.24, 2.45) is 0 Å². The maximum Gasteiger partial charge on any atom is 0.325 e. The van der Waals surface area contributed by atoms with Crippen LogP contribution in [0.15, 0.2) is 30.3 Å². The number of carbonyl (C=O) groups is 2. The summed E-state index contributed by atoms with van der Waals surface area (Å²) < 4.78 is 5.59. The van der Waals surface area contributed by atoms with E-state index in [9.17, 15) is 9.59 Å². The summed E-state index contributed by atoms with van der Waals surface area (Å²) >= 11 is 0. The number of urea groups is 1. The lowest BCUT2D eigenvalue weighted by Gasteiger charge is -2.27. The zero-order valence-corrected chi connectivity index (χ0v) is 11.3. The van der Waals surface area contributed by atoms with Crippen molar-refractivity contribution in [1.29, 1.82) is 0 Å². The molecule has 1 aromatic carbocycles. The van der Waals surface area contributed by atoms with E-state index in [0.717, 1.165) is 10.5 Å². The molecule has 3 amide bonds. The van der Waals surface area contributed by atoms with E-state index < -0.39 is 11.6 Å². The first-order chi connectivity index (χ1) is 8.97. The van der Waals surface area contributed by atoms with Gasteiger partial charge in [-0.1, -0.05) is 30.3 Å². The fourth-order valence-corrected chi connectivity index (χ4v) is 2.09. The Morgan fingerprint density at radius 3 is 2.37 bits per heavy atom. The van der Waals surface area contributed by atoms with E-state index in [2.05, 4.69) is 5.32 Å². The molecule has 1 heterocycles. The van der Waals surface area contributed by atoms with Crippen LogP contribution < -0.4 is 5.32 Å². The van der Waals surface area contributed by atoms with Crippen molar-refractivity contribution in [3.8, 4) is 0 Å². The number of nitrogens with one attached hydrogen (secondary N) is 1. The monoisotopic (exact) mass is 262 g/mol. The molecule has 1 fully saturated rings. The summed E-state index contributed by atoms with van der Waals surface area (Å²) in [7, 11) is 1.47. The number of rotatable bonds is 4. The van der Waals surface area contributed by atoms with Crippen LogP contribution in [0.2, 0.25) is 0 Å². The minimum atomic E-state index is -1.11. The summed E-state index contributed by atoms with van der Waals surface area (Å²) in [6.07, 6.45) is -0.0174. The normalized spacial score (nSPS) is 23.1. The van der Waals surface area contributed by atoms with Crippen molar-refractivity contribution in [3.63, 3.8) is 0 Å². The Morgan fingerprint density at radius 2 is 1.89 bits per heavy atom. The maximum atomic E-state index is 12.4. The van der Waals surface area contributed by atoms with Crippen LogP contribution in [-0.4, -0.2) is 36.6 Å². The molecule has 1 aliphatic heterocycles. The maximum absolute atomic E-state index is 12.4. The third kappa shape index (κ3) is 2.33. The molecule has 0 unspecified atom stereocenters. The summed E-state index contributed by atoms with van der Waals surface area (Å²) in [5.41, 5.74) is -0.379. The number of likely N-dealkylation sites (N-methyl/N-ethyl adjacent to an activating group) is 1. The van der Waals surface area contributed by atoms with Crippen molar-refractivity contribution in [1.82, 2.24) is 10.2 Å². The van der Waals surface area contributed by atoms with E-state index in [1.54, 1.807) is 0 Å². The molecule has 0 saturated carbocycles. The molecule has 5 heteroatoms. The van der Waals surface area contributed by atoms with Gasteiger partial charge in [0.05, 0.1) is 12.7 Å². The van der Waals surface area contributed by atoms with Gasteiger partial charge in [-0.05, 0) is 19.4 Å². The van der Waals surface area contributed by atoms with Crippen LogP contribution in [0.4, 0.5) is 4.79 Å². The number of hydrogen-bond donors (Lipinski definition) is 1. The number of ether oxygens (including phenoxy) is 1. The fourth-order valence-electron chi connectivity index (χ4n) is 2.09. The molecule has 1 aromatic rings. The zero-order valence-electron chi connectivity index (χ0n) is 11.3. The first-order valence-corrected chi connectivity index (χ1v) is 6.25. The summed E-state index contributed by atoms with van der Waals surface area (Å²) in [6, 6.07) is 8.78. The number of amides is 3. The van der Waals surface area contributed by atoms with Gasteiger partial charge >= 0.3 is 6.03 Å². The highest BCUT2D eigenvalue weighted by molar-refractivity contribution is 6.07. The minimum Gasteiger partial charge on any atom is -0.375 e. The number of benzene rings is 1. The van der Waals surface area contributed by atoms with Crippen LogP contribution in [0.1, 0.15) is 19.4 Å². The van der Waals surface area contributed by atoms with Gasteiger partial charge in [0.1, 0.15) is 0 Å². The molecule has 0 radical (unpaired) electrons. The van der Waals surface area contributed by atoms with Crippen LogP contribution in [0.3, 0.4) is 0 Å². The third-order valence-corrected chi connectivity index (χ3v) is 3.19. The van der Waals surface area contributed by atoms with E-state index >= 15 is 0 Å². The molecule has 19 heavy (non-hydrogen) atoms. The van der Waals surface area contributed by atoms with Gasteiger partial charge in [0.2, 0.25) is 0 Å². The first-order valence-electron chi connectivity index (χ1n) is 6.25. The molecule has 1 atom stereocenters. The van der Waals surface area contributed by atoms with Gasteiger partial charge in [0.25, 0.3) is 5.91 Å². The van der Waals surface area contributed by atoms with Gasteiger partial charge in [-0.2, -0.15) is 0 Å². The lowest BCUT2D eigenvalue weighted by molar-refractivity contribution is -0.133. The summed E-state index contributed by atoms with van der Waals surface area (Å²) in [6.45, 7) is 3.91. The van der Waals surface area contributed by atoms with Crippen molar-refractivity contribution in [2.45, 2.75) is 25.5 Å². The van der Waals surface area contributed by atoms with Gasteiger partial charge in [0, 0.05) is 7.05 Å². The molecule has 1 saturated heterocycles. The standard InChI is InChI=1S/C14H18N2O3/c1-10(2)19-9-14(11-7-5-4-6-8-11)12(17)16(3)13(18)15-14/h4-8,10H,9H2,1-3H3,(H,15,18)/t14-/m0/s1. The highest BCUT2D eigenvalue weighted by Crippen LogP contribution is 2.29. The Bertz CT molecular complexity index is 487. The van der Waals surface area contributed by atoms with Crippen molar-refractivity contribution >= 4 is 11.9 Å². The molecule has 102 valence electrons. The number of imide groups is 1. The summed E-state index contributed by atoms with van der Waals surface area (Å²) in [5.74, 6) is -0.288. The van der Waals surface area contributed by atoms with Crippen molar-refractivity contribution < 1.29 is 14.3 Å². The molecule has 0 bridgehead atoms. The molecular formula is C14H18N2O3. The van der Waals surface area contributed by atoms with Crippen LogP contribution in [-0.2, 0) is 15.1 Å². The van der Waals surface area contributed by atoms with Crippen LogP contribution in [0.25, 0.3) is 0 Å². The number of nitrogens with zero attached hydrogens (tertiary/aromatic N) is 1. The smallest absolute Gasteiger partial charge is 0.325 e. The average molecular weight is 262 g/mol. The van der Waals surface area contributed by atoms with E-state index in [1.807, 2.05) is 44.2 Å². The lowest BCUT2D eigenvalue weighted by Crippen LogP contribution is -2.48. The highest BCUT2D eigenvalue weighted by atomic mass is 16.5. The van der Waals surface area contributed by atoms with Gasteiger partial charge in [0.15, 0.2) is 5.54 Å². The quantitative estimate of drug-likeness (QED) is 0.836. The molecule has 0 aromatic heterocycles. The van der Waals surface area contributed by atoms with Crippen molar-refractivity contribution in [2.75, 3.05) is 13.7 Å². The van der Waals surface area contributed by atoms with Crippen LogP contribution in [0.5, 0.6) is 0 Å². The second-order valence-electron chi connectivity index (χ2n) is 4.93. The van der Waals surface area contributed by atoms with E-state index in [4.69, 9.17) is 4.74 Å².